The topological polar surface area (TPSA) is 50.7 Å². The summed E-state index contributed by atoms with van der Waals surface area (Å²) in [4.78, 5) is 11.1. The SMILES string of the molecule is CCC(=O)NN=C1CCOc2cc(F)ccc21. The normalized spacial score (nSPS) is 16.2. The van der Waals surface area contributed by atoms with Crippen molar-refractivity contribution in [3.8, 4) is 5.75 Å². The molecule has 1 heterocycles. The monoisotopic (exact) mass is 236 g/mol. The quantitative estimate of drug-likeness (QED) is 0.796. The van der Waals surface area contributed by atoms with E-state index in [0.29, 0.717) is 30.9 Å². The first kappa shape index (κ1) is 11.6. The van der Waals surface area contributed by atoms with Crippen LogP contribution in [0.25, 0.3) is 0 Å². The van der Waals surface area contributed by atoms with Crippen LogP contribution in [0.1, 0.15) is 25.3 Å². The van der Waals surface area contributed by atoms with Crippen LogP contribution in [-0.2, 0) is 4.79 Å². The molecule has 0 bridgehead atoms. The van der Waals surface area contributed by atoms with E-state index in [1.54, 1.807) is 13.0 Å². The van der Waals surface area contributed by atoms with Gasteiger partial charge in [-0.25, -0.2) is 9.82 Å². The molecule has 0 fully saturated rings. The van der Waals surface area contributed by atoms with Crippen LogP contribution >= 0.6 is 0 Å². The molecule has 1 aliphatic heterocycles. The second-order valence-corrected chi connectivity index (χ2v) is 3.69. The summed E-state index contributed by atoms with van der Waals surface area (Å²) < 4.78 is 18.3. The summed E-state index contributed by atoms with van der Waals surface area (Å²) in [5.41, 5.74) is 3.90. The second kappa shape index (κ2) is 4.95. The van der Waals surface area contributed by atoms with E-state index in [9.17, 15) is 9.18 Å². The zero-order valence-corrected chi connectivity index (χ0v) is 9.50. The fourth-order valence-electron chi connectivity index (χ4n) is 1.57. The van der Waals surface area contributed by atoms with E-state index < -0.39 is 0 Å². The molecule has 0 radical (unpaired) electrons. The van der Waals surface area contributed by atoms with Gasteiger partial charge in [0.15, 0.2) is 0 Å². The number of halogens is 1. The summed E-state index contributed by atoms with van der Waals surface area (Å²) in [5.74, 6) is -0.0176. The first-order chi connectivity index (χ1) is 8.20. The van der Waals surface area contributed by atoms with Crippen LogP contribution in [0, 0.1) is 5.82 Å². The number of hydrogen-bond donors (Lipinski definition) is 1. The molecular formula is C12H13FN2O2. The van der Waals surface area contributed by atoms with Gasteiger partial charge in [-0.3, -0.25) is 4.79 Å². The maximum absolute atomic E-state index is 13.0. The molecule has 0 saturated carbocycles. The first-order valence-electron chi connectivity index (χ1n) is 5.49. The molecule has 1 aliphatic rings. The summed E-state index contributed by atoms with van der Waals surface area (Å²) in [6.45, 7) is 2.19. The van der Waals surface area contributed by atoms with Crippen molar-refractivity contribution >= 4 is 11.6 Å². The molecular weight excluding hydrogens is 223 g/mol. The molecule has 0 spiro atoms. The maximum Gasteiger partial charge on any atom is 0.239 e. The molecule has 2 rings (SSSR count). The minimum Gasteiger partial charge on any atom is -0.492 e. The molecule has 0 unspecified atom stereocenters. The van der Waals surface area contributed by atoms with Crippen molar-refractivity contribution in [1.29, 1.82) is 0 Å². The van der Waals surface area contributed by atoms with Gasteiger partial charge in [-0.15, -0.1) is 0 Å². The zero-order chi connectivity index (χ0) is 12.3. The van der Waals surface area contributed by atoms with Crippen LogP contribution in [0.3, 0.4) is 0 Å². The molecule has 1 aromatic rings. The Labute approximate surface area is 98.5 Å². The Balaban J connectivity index is 2.25. The summed E-state index contributed by atoms with van der Waals surface area (Å²) >= 11 is 0. The number of hydrogen-bond acceptors (Lipinski definition) is 3. The molecule has 4 nitrogen and oxygen atoms in total. The molecule has 17 heavy (non-hydrogen) atoms. The fraction of sp³-hybridized carbons (Fsp3) is 0.333. The van der Waals surface area contributed by atoms with Crippen molar-refractivity contribution in [2.24, 2.45) is 5.10 Å². The average Bonchev–Trinajstić information content (AvgIpc) is 2.35. The third-order valence-corrected chi connectivity index (χ3v) is 2.49. The molecule has 1 amide bonds. The number of rotatable bonds is 2. The van der Waals surface area contributed by atoms with E-state index in [-0.39, 0.29) is 11.7 Å². The van der Waals surface area contributed by atoms with Gasteiger partial charge >= 0.3 is 0 Å². The highest BCUT2D eigenvalue weighted by Crippen LogP contribution is 2.25. The number of nitrogens with zero attached hydrogens (tertiary/aromatic N) is 1. The van der Waals surface area contributed by atoms with Crippen LogP contribution in [-0.4, -0.2) is 18.2 Å². The number of carbonyl (C=O) groups excluding carboxylic acids is 1. The molecule has 0 aromatic heterocycles. The summed E-state index contributed by atoms with van der Waals surface area (Å²) in [6, 6.07) is 4.29. The van der Waals surface area contributed by atoms with Crippen LogP contribution in [0.2, 0.25) is 0 Å². The highest BCUT2D eigenvalue weighted by Gasteiger charge is 2.17. The maximum atomic E-state index is 13.0. The largest absolute Gasteiger partial charge is 0.492 e. The number of amides is 1. The smallest absolute Gasteiger partial charge is 0.239 e. The van der Waals surface area contributed by atoms with Crippen molar-refractivity contribution in [2.75, 3.05) is 6.61 Å². The third-order valence-electron chi connectivity index (χ3n) is 2.49. The predicted octanol–water partition coefficient (Wildman–Crippen LogP) is 1.84. The molecule has 0 aliphatic carbocycles. The summed E-state index contributed by atoms with van der Waals surface area (Å²) in [6.07, 6.45) is 0.978. The predicted molar refractivity (Wildman–Crippen MR) is 61.5 cm³/mol. The number of benzene rings is 1. The lowest BCUT2D eigenvalue weighted by molar-refractivity contribution is -0.120. The van der Waals surface area contributed by atoms with Crippen LogP contribution in [0.15, 0.2) is 23.3 Å². The van der Waals surface area contributed by atoms with Crippen molar-refractivity contribution in [2.45, 2.75) is 19.8 Å². The van der Waals surface area contributed by atoms with Crippen molar-refractivity contribution in [1.82, 2.24) is 5.43 Å². The number of carbonyl (C=O) groups is 1. The Morgan fingerprint density at radius 3 is 3.18 bits per heavy atom. The summed E-state index contributed by atoms with van der Waals surface area (Å²) in [7, 11) is 0. The average molecular weight is 236 g/mol. The van der Waals surface area contributed by atoms with Gasteiger partial charge in [0.2, 0.25) is 5.91 Å². The van der Waals surface area contributed by atoms with Gasteiger partial charge in [-0.05, 0) is 12.1 Å². The van der Waals surface area contributed by atoms with Crippen molar-refractivity contribution in [3.63, 3.8) is 0 Å². The molecule has 1 aromatic carbocycles. The van der Waals surface area contributed by atoms with Gasteiger partial charge in [0.25, 0.3) is 0 Å². The number of fused-ring (bicyclic) bond motifs is 1. The van der Waals surface area contributed by atoms with E-state index in [1.165, 1.54) is 12.1 Å². The standard InChI is InChI=1S/C12H13FN2O2/c1-2-12(16)15-14-10-5-6-17-11-7-8(13)3-4-9(10)11/h3-4,7H,2,5-6H2,1H3,(H,15,16). The van der Waals surface area contributed by atoms with Gasteiger partial charge in [0.05, 0.1) is 12.3 Å². The van der Waals surface area contributed by atoms with Gasteiger partial charge in [0, 0.05) is 24.5 Å². The molecule has 5 heteroatoms. The highest BCUT2D eigenvalue weighted by atomic mass is 19.1. The zero-order valence-electron chi connectivity index (χ0n) is 9.50. The fourth-order valence-corrected chi connectivity index (χ4v) is 1.57. The number of nitrogens with one attached hydrogen (secondary N) is 1. The Morgan fingerprint density at radius 1 is 1.59 bits per heavy atom. The van der Waals surface area contributed by atoms with Crippen LogP contribution < -0.4 is 10.2 Å². The lowest BCUT2D eigenvalue weighted by Crippen LogP contribution is -2.22. The van der Waals surface area contributed by atoms with E-state index in [0.717, 1.165) is 5.56 Å². The Morgan fingerprint density at radius 2 is 2.41 bits per heavy atom. The lowest BCUT2D eigenvalue weighted by atomic mass is 10.0. The Hall–Kier alpha value is -1.91. The molecule has 90 valence electrons. The molecule has 0 saturated heterocycles. The Bertz CT molecular complexity index is 472. The lowest BCUT2D eigenvalue weighted by Gasteiger charge is -2.18. The minimum absolute atomic E-state index is 0.146. The highest BCUT2D eigenvalue weighted by molar-refractivity contribution is 6.04. The van der Waals surface area contributed by atoms with E-state index in [4.69, 9.17) is 4.74 Å². The van der Waals surface area contributed by atoms with E-state index in [1.807, 2.05) is 0 Å². The van der Waals surface area contributed by atoms with Gasteiger partial charge in [-0.1, -0.05) is 6.92 Å². The van der Waals surface area contributed by atoms with Gasteiger partial charge in [0.1, 0.15) is 11.6 Å². The van der Waals surface area contributed by atoms with Gasteiger partial charge in [-0.2, -0.15) is 5.10 Å². The third kappa shape index (κ3) is 2.61. The van der Waals surface area contributed by atoms with Crippen LogP contribution in [0.4, 0.5) is 4.39 Å². The van der Waals surface area contributed by atoms with Crippen molar-refractivity contribution in [3.05, 3.63) is 29.6 Å². The van der Waals surface area contributed by atoms with E-state index in [2.05, 4.69) is 10.5 Å². The number of hydrazone groups is 1. The minimum atomic E-state index is -0.345. The van der Waals surface area contributed by atoms with Crippen molar-refractivity contribution < 1.29 is 13.9 Å². The van der Waals surface area contributed by atoms with Crippen LogP contribution in [0.5, 0.6) is 5.75 Å². The van der Waals surface area contributed by atoms with E-state index >= 15 is 0 Å². The second-order valence-electron chi connectivity index (χ2n) is 3.69. The Kier molecular flexibility index (Phi) is 3.37. The number of ether oxygens (including phenoxy) is 1. The molecule has 1 N–H and O–H groups in total. The molecule has 0 atom stereocenters. The van der Waals surface area contributed by atoms with Gasteiger partial charge < -0.3 is 4.74 Å². The first-order valence-corrected chi connectivity index (χ1v) is 5.49. The summed E-state index contributed by atoms with van der Waals surface area (Å²) in [5, 5.41) is 4.04.